The maximum atomic E-state index is 6.12. The second-order valence-electron chi connectivity index (χ2n) is 4.23. The first-order valence-corrected chi connectivity index (χ1v) is 5.96. The van der Waals surface area contributed by atoms with Crippen molar-refractivity contribution < 1.29 is 0 Å². The molecule has 4 nitrogen and oxygen atoms in total. The first-order chi connectivity index (χ1) is 7.38. The lowest BCUT2D eigenvalue weighted by Crippen LogP contribution is -2.39. The molecular formula is C11H23ClN4. The molecule has 94 valence electrons. The Morgan fingerprint density at radius 2 is 1.94 bits per heavy atom. The molecule has 0 aliphatic carbocycles. The summed E-state index contributed by atoms with van der Waals surface area (Å²) in [5, 5.41) is 4.07. The summed E-state index contributed by atoms with van der Waals surface area (Å²) in [6.45, 7) is 8.53. The normalized spacial score (nSPS) is 16.0. The van der Waals surface area contributed by atoms with Gasteiger partial charge in [0, 0.05) is 18.3 Å². The highest BCUT2D eigenvalue weighted by atomic mass is 35.5. The molecule has 0 saturated heterocycles. The Hall–Kier alpha value is -0.740. The second-order valence-corrected chi connectivity index (χ2v) is 4.66. The number of rotatable bonds is 6. The van der Waals surface area contributed by atoms with E-state index in [1.54, 1.807) is 0 Å². The maximum absolute atomic E-state index is 6.12. The van der Waals surface area contributed by atoms with E-state index in [2.05, 4.69) is 38.0 Å². The van der Waals surface area contributed by atoms with Crippen molar-refractivity contribution in [2.24, 2.45) is 22.4 Å². The van der Waals surface area contributed by atoms with E-state index < -0.39 is 0 Å². The molecule has 0 aliphatic heterocycles. The minimum Gasteiger partial charge on any atom is -0.370 e. The average molecular weight is 247 g/mol. The fraction of sp³-hybridized carbons (Fsp3) is 0.727. The SMILES string of the molecule is CCC(NC(C)C(C)C)/C(Cl)=C\N=C(N)N. The third-order valence-corrected chi connectivity index (χ3v) is 2.90. The lowest BCUT2D eigenvalue weighted by atomic mass is 10.0. The van der Waals surface area contributed by atoms with Gasteiger partial charge in [-0.05, 0) is 19.3 Å². The summed E-state index contributed by atoms with van der Waals surface area (Å²) >= 11 is 6.12. The van der Waals surface area contributed by atoms with Crippen molar-refractivity contribution in [3.8, 4) is 0 Å². The van der Waals surface area contributed by atoms with Gasteiger partial charge in [0.15, 0.2) is 5.96 Å². The van der Waals surface area contributed by atoms with Crippen molar-refractivity contribution in [1.29, 1.82) is 0 Å². The van der Waals surface area contributed by atoms with Crippen molar-refractivity contribution >= 4 is 17.6 Å². The predicted octanol–water partition coefficient (Wildman–Crippen LogP) is 1.75. The zero-order valence-electron chi connectivity index (χ0n) is 10.5. The molecule has 0 heterocycles. The zero-order valence-corrected chi connectivity index (χ0v) is 11.3. The summed E-state index contributed by atoms with van der Waals surface area (Å²) in [7, 11) is 0. The van der Waals surface area contributed by atoms with Crippen LogP contribution in [0.25, 0.3) is 0 Å². The van der Waals surface area contributed by atoms with Crippen molar-refractivity contribution in [3.05, 3.63) is 11.2 Å². The minimum absolute atomic E-state index is 0.0184. The van der Waals surface area contributed by atoms with Gasteiger partial charge in [0.05, 0.1) is 5.03 Å². The molecule has 0 aromatic rings. The topological polar surface area (TPSA) is 76.4 Å². The van der Waals surface area contributed by atoms with Crippen LogP contribution in [0.5, 0.6) is 0 Å². The fourth-order valence-corrected chi connectivity index (χ4v) is 1.39. The van der Waals surface area contributed by atoms with E-state index >= 15 is 0 Å². The summed E-state index contributed by atoms with van der Waals surface area (Å²) in [6, 6.07) is 0.494. The molecule has 0 aliphatic rings. The lowest BCUT2D eigenvalue weighted by molar-refractivity contribution is 0.392. The number of nitrogens with zero attached hydrogens (tertiary/aromatic N) is 1. The van der Waals surface area contributed by atoms with Crippen LogP contribution in [0.3, 0.4) is 0 Å². The second kappa shape index (κ2) is 7.52. The first-order valence-electron chi connectivity index (χ1n) is 5.58. The van der Waals surface area contributed by atoms with E-state index in [0.29, 0.717) is 17.0 Å². The Morgan fingerprint density at radius 1 is 1.38 bits per heavy atom. The number of halogens is 1. The number of nitrogens with one attached hydrogen (secondary N) is 1. The predicted molar refractivity (Wildman–Crippen MR) is 71.3 cm³/mol. The number of aliphatic imine (C=N–C) groups is 1. The van der Waals surface area contributed by atoms with Crippen LogP contribution in [0.2, 0.25) is 0 Å². The number of guanidine groups is 1. The molecule has 0 rings (SSSR count). The molecule has 16 heavy (non-hydrogen) atoms. The molecule has 0 saturated carbocycles. The van der Waals surface area contributed by atoms with Crippen LogP contribution in [0.1, 0.15) is 34.1 Å². The molecule has 0 aromatic carbocycles. The highest BCUT2D eigenvalue weighted by Gasteiger charge is 2.15. The number of hydrogen-bond donors (Lipinski definition) is 3. The Balaban J connectivity index is 4.49. The van der Waals surface area contributed by atoms with Gasteiger partial charge in [-0.3, -0.25) is 0 Å². The van der Waals surface area contributed by atoms with E-state index in [-0.39, 0.29) is 12.0 Å². The quantitative estimate of drug-likeness (QED) is 0.494. The average Bonchev–Trinajstić information content (AvgIpc) is 2.21. The van der Waals surface area contributed by atoms with Crippen LogP contribution in [0, 0.1) is 5.92 Å². The van der Waals surface area contributed by atoms with E-state index in [1.165, 1.54) is 6.20 Å². The Kier molecular flexibility index (Phi) is 7.17. The van der Waals surface area contributed by atoms with Crippen LogP contribution in [0.15, 0.2) is 16.2 Å². The zero-order chi connectivity index (χ0) is 12.7. The fourth-order valence-electron chi connectivity index (χ4n) is 1.13. The number of nitrogens with two attached hydrogens (primary N) is 2. The van der Waals surface area contributed by atoms with Gasteiger partial charge in [-0.1, -0.05) is 32.4 Å². The molecular weight excluding hydrogens is 224 g/mol. The molecule has 5 N–H and O–H groups in total. The van der Waals surface area contributed by atoms with Gasteiger partial charge >= 0.3 is 0 Å². The van der Waals surface area contributed by atoms with Crippen LogP contribution in [0.4, 0.5) is 0 Å². The molecule has 0 radical (unpaired) electrons. The summed E-state index contributed by atoms with van der Waals surface area (Å²) in [6.07, 6.45) is 2.40. The van der Waals surface area contributed by atoms with Gasteiger partial charge in [-0.15, -0.1) is 0 Å². The van der Waals surface area contributed by atoms with E-state index in [0.717, 1.165) is 6.42 Å². The van der Waals surface area contributed by atoms with Crippen LogP contribution >= 0.6 is 11.6 Å². The molecule has 5 heteroatoms. The largest absolute Gasteiger partial charge is 0.370 e. The molecule has 2 unspecified atom stereocenters. The van der Waals surface area contributed by atoms with Gasteiger partial charge in [0.2, 0.25) is 0 Å². The number of hydrogen-bond acceptors (Lipinski definition) is 2. The lowest BCUT2D eigenvalue weighted by Gasteiger charge is -2.24. The van der Waals surface area contributed by atoms with E-state index in [1.807, 2.05) is 0 Å². The van der Waals surface area contributed by atoms with Gasteiger partial charge < -0.3 is 16.8 Å². The van der Waals surface area contributed by atoms with E-state index in [4.69, 9.17) is 23.1 Å². The summed E-state index contributed by atoms with van der Waals surface area (Å²) < 4.78 is 0. The van der Waals surface area contributed by atoms with Crippen molar-refractivity contribution in [1.82, 2.24) is 5.32 Å². The van der Waals surface area contributed by atoms with Gasteiger partial charge in [-0.2, -0.15) is 0 Å². The van der Waals surface area contributed by atoms with Crippen LogP contribution < -0.4 is 16.8 Å². The highest BCUT2D eigenvalue weighted by Crippen LogP contribution is 2.14. The summed E-state index contributed by atoms with van der Waals surface area (Å²) in [5.74, 6) is 0.575. The van der Waals surface area contributed by atoms with E-state index in [9.17, 15) is 0 Å². The highest BCUT2D eigenvalue weighted by molar-refractivity contribution is 6.30. The third-order valence-electron chi connectivity index (χ3n) is 2.54. The third kappa shape index (κ3) is 5.98. The van der Waals surface area contributed by atoms with Gasteiger partial charge in [0.25, 0.3) is 0 Å². The Bertz CT molecular complexity index is 257. The molecule has 0 spiro atoms. The van der Waals surface area contributed by atoms with Crippen LogP contribution in [-0.4, -0.2) is 18.0 Å². The summed E-state index contributed by atoms with van der Waals surface area (Å²) in [5.41, 5.74) is 10.5. The Morgan fingerprint density at radius 3 is 2.31 bits per heavy atom. The molecule has 0 bridgehead atoms. The van der Waals surface area contributed by atoms with Crippen molar-refractivity contribution in [2.75, 3.05) is 0 Å². The monoisotopic (exact) mass is 246 g/mol. The van der Waals surface area contributed by atoms with Crippen LogP contribution in [-0.2, 0) is 0 Å². The van der Waals surface area contributed by atoms with Gasteiger partial charge in [0.1, 0.15) is 0 Å². The smallest absolute Gasteiger partial charge is 0.190 e. The standard InChI is InChI=1S/C11H23ClN4/c1-5-10(16-8(4)7(2)3)9(12)6-15-11(13)14/h6-8,10,16H,5H2,1-4H3,(H4,13,14,15)/b9-6+. The first kappa shape index (κ1) is 15.3. The molecule has 0 aromatic heterocycles. The maximum Gasteiger partial charge on any atom is 0.190 e. The Labute approximate surface area is 103 Å². The van der Waals surface area contributed by atoms with Crippen molar-refractivity contribution in [3.63, 3.8) is 0 Å². The van der Waals surface area contributed by atoms with Gasteiger partial charge in [-0.25, -0.2) is 4.99 Å². The minimum atomic E-state index is 0.0184. The summed E-state index contributed by atoms with van der Waals surface area (Å²) in [4.78, 5) is 3.78. The molecule has 0 fully saturated rings. The molecule has 0 amide bonds. The molecule has 2 atom stereocenters. The van der Waals surface area contributed by atoms with Crippen molar-refractivity contribution in [2.45, 2.75) is 46.2 Å².